The van der Waals surface area contributed by atoms with Crippen LogP contribution in [0.3, 0.4) is 0 Å². The summed E-state index contributed by atoms with van der Waals surface area (Å²) < 4.78 is 16.3. The lowest BCUT2D eigenvalue weighted by atomic mass is 9.99. The zero-order chi connectivity index (χ0) is 21.0. The highest BCUT2D eigenvalue weighted by Gasteiger charge is 2.21. The maximum atomic E-state index is 14.6. The number of amides is 1. The van der Waals surface area contributed by atoms with E-state index in [4.69, 9.17) is 5.11 Å². The van der Waals surface area contributed by atoms with Crippen LogP contribution in [-0.2, 0) is 20.0 Å². The Morgan fingerprint density at radius 1 is 1.21 bits per heavy atom. The molecule has 0 aliphatic rings. The van der Waals surface area contributed by atoms with Gasteiger partial charge in [-0.3, -0.25) is 4.79 Å². The van der Waals surface area contributed by atoms with Crippen LogP contribution in [0, 0.1) is 5.82 Å². The normalized spacial score (nSPS) is 11.1. The molecule has 0 atom stereocenters. The number of hydrogen-bond donors (Lipinski definition) is 1. The Hall–Kier alpha value is -2.99. The molecule has 6 heteroatoms. The lowest BCUT2D eigenvalue weighted by Crippen LogP contribution is -2.36. The third-order valence-corrected chi connectivity index (χ3v) is 4.83. The van der Waals surface area contributed by atoms with E-state index in [0.717, 1.165) is 16.7 Å². The number of aromatic nitrogens is 2. The number of halogens is 1. The van der Waals surface area contributed by atoms with Crippen LogP contribution in [0.4, 0.5) is 4.39 Å². The Balaban J connectivity index is 1.90. The van der Waals surface area contributed by atoms with Gasteiger partial charge in [0.2, 0.25) is 0 Å². The van der Waals surface area contributed by atoms with E-state index in [-0.39, 0.29) is 24.4 Å². The SMILES string of the molecule is CC(C)N(Cc1ccc(F)c(-c2cccc(CCO)c2)c1)C(=O)c1cn(C)cn1. The van der Waals surface area contributed by atoms with E-state index in [0.29, 0.717) is 24.2 Å². The molecular formula is C23H26FN3O2. The van der Waals surface area contributed by atoms with E-state index in [9.17, 15) is 9.18 Å². The van der Waals surface area contributed by atoms with Crippen LogP contribution in [0.5, 0.6) is 0 Å². The fraction of sp³-hybridized carbons (Fsp3) is 0.304. The summed E-state index contributed by atoms with van der Waals surface area (Å²) in [5.74, 6) is -0.474. The van der Waals surface area contributed by atoms with Gasteiger partial charge >= 0.3 is 0 Å². The highest BCUT2D eigenvalue weighted by Crippen LogP contribution is 2.26. The van der Waals surface area contributed by atoms with Gasteiger partial charge in [-0.25, -0.2) is 9.37 Å². The van der Waals surface area contributed by atoms with Crippen molar-refractivity contribution in [1.82, 2.24) is 14.5 Å². The molecule has 1 amide bonds. The summed E-state index contributed by atoms with van der Waals surface area (Å²) in [5, 5.41) is 9.16. The first-order valence-corrected chi connectivity index (χ1v) is 9.66. The summed E-state index contributed by atoms with van der Waals surface area (Å²) in [6.45, 7) is 4.30. The zero-order valence-corrected chi connectivity index (χ0v) is 17.0. The molecule has 5 nitrogen and oxygen atoms in total. The molecular weight excluding hydrogens is 369 g/mol. The molecule has 1 N–H and O–H groups in total. The van der Waals surface area contributed by atoms with Gasteiger partial charge < -0.3 is 14.6 Å². The Morgan fingerprint density at radius 2 is 2.00 bits per heavy atom. The van der Waals surface area contributed by atoms with Gasteiger partial charge in [0.05, 0.1) is 6.33 Å². The van der Waals surface area contributed by atoms with Crippen LogP contribution in [-0.4, -0.2) is 38.1 Å². The van der Waals surface area contributed by atoms with Crippen molar-refractivity contribution >= 4 is 5.91 Å². The molecule has 1 heterocycles. The highest BCUT2D eigenvalue weighted by atomic mass is 19.1. The van der Waals surface area contributed by atoms with E-state index in [1.54, 1.807) is 34.1 Å². The topological polar surface area (TPSA) is 58.4 Å². The average Bonchev–Trinajstić information content (AvgIpc) is 3.13. The van der Waals surface area contributed by atoms with E-state index in [1.807, 2.05) is 45.2 Å². The molecule has 1 aromatic heterocycles. The average molecular weight is 395 g/mol. The lowest BCUT2D eigenvalue weighted by molar-refractivity contribution is 0.0684. The van der Waals surface area contributed by atoms with Gasteiger partial charge in [0.25, 0.3) is 5.91 Å². The number of aryl methyl sites for hydroxylation is 1. The Labute approximate surface area is 170 Å². The van der Waals surface area contributed by atoms with Crippen molar-refractivity contribution < 1.29 is 14.3 Å². The second-order valence-corrected chi connectivity index (χ2v) is 7.44. The standard InChI is InChI=1S/C23H26FN3O2/c1-16(2)27(23(29)22-14-26(3)15-25-22)13-18-7-8-21(24)20(12-18)19-6-4-5-17(11-19)9-10-28/h4-8,11-12,14-16,28H,9-10,13H2,1-3H3. The Bertz CT molecular complexity index is 997. The predicted molar refractivity (Wildman–Crippen MR) is 111 cm³/mol. The predicted octanol–water partition coefficient (Wildman–Crippen LogP) is 3.81. The number of carbonyl (C=O) groups excluding carboxylic acids is 1. The molecule has 0 unspecified atom stereocenters. The zero-order valence-electron chi connectivity index (χ0n) is 17.0. The first kappa shape index (κ1) is 20.7. The van der Waals surface area contributed by atoms with E-state index in [2.05, 4.69) is 4.98 Å². The van der Waals surface area contributed by atoms with Crippen molar-refractivity contribution in [2.24, 2.45) is 7.05 Å². The number of nitrogens with zero attached hydrogens (tertiary/aromatic N) is 3. The molecule has 0 fully saturated rings. The minimum absolute atomic E-state index is 0.0362. The molecule has 0 saturated heterocycles. The second kappa shape index (κ2) is 9.01. The van der Waals surface area contributed by atoms with E-state index >= 15 is 0 Å². The molecule has 3 rings (SSSR count). The maximum absolute atomic E-state index is 14.6. The number of carbonyl (C=O) groups is 1. The number of imidazole rings is 1. The number of hydrogen-bond acceptors (Lipinski definition) is 3. The van der Waals surface area contributed by atoms with Gasteiger partial charge in [-0.2, -0.15) is 0 Å². The van der Waals surface area contributed by atoms with Crippen LogP contribution < -0.4 is 0 Å². The van der Waals surface area contributed by atoms with Gasteiger partial charge in [0.1, 0.15) is 11.5 Å². The molecule has 152 valence electrons. The summed E-state index contributed by atoms with van der Waals surface area (Å²) in [4.78, 5) is 18.8. The molecule has 0 aliphatic heterocycles. The third-order valence-electron chi connectivity index (χ3n) is 4.83. The monoisotopic (exact) mass is 395 g/mol. The third kappa shape index (κ3) is 4.90. The Kier molecular flexibility index (Phi) is 6.44. The first-order chi connectivity index (χ1) is 13.9. The van der Waals surface area contributed by atoms with Crippen LogP contribution >= 0.6 is 0 Å². The molecule has 0 bridgehead atoms. The second-order valence-electron chi connectivity index (χ2n) is 7.44. The van der Waals surface area contributed by atoms with Gasteiger partial charge in [-0.1, -0.05) is 30.3 Å². The molecule has 0 radical (unpaired) electrons. The number of benzene rings is 2. The van der Waals surface area contributed by atoms with Crippen LogP contribution in [0.1, 0.15) is 35.5 Å². The first-order valence-electron chi connectivity index (χ1n) is 9.66. The largest absolute Gasteiger partial charge is 0.396 e. The molecule has 29 heavy (non-hydrogen) atoms. The minimum atomic E-state index is -0.318. The Morgan fingerprint density at radius 3 is 2.66 bits per heavy atom. The number of rotatable bonds is 7. The molecule has 3 aromatic rings. The summed E-state index contributed by atoms with van der Waals surface area (Å²) in [7, 11) is 1.82. The van der Waals surface area contributed by atoms with E-state index in [1.165, 1.54) is 6.07 Å². The molecule has 0 spiro atoms. The number of aliphatic hydroxyl groups excluding tert-OH is 1. The molecule has 0 aliphatic carbocycles. The maximum Gasteiger partial charge on any atom is 0.274 e. The van der Waals surface area contributed by atoms with Crippen molar-refractivity contribution in [2.45, 2.75) is 32.9 Å². The molecule has 2 aromatic carbocycles. The van der Waals surface area contributed by atoms with Gasteiger partial charge in [-0.05, 0) is 49.1 Å². The van der Waals surface area contributed by atoms with E-state index < -0.39 is 0 Å². The lowest BCUT2D eigenvalue weighted by Gasteiger charge is -2.26. The smallest absolute Gasteiger partial charge is 0.274 e. The highest BCUT2D eigenvalue weighted by molar-refractivity contribution is 5.92. The molecule has 0 saturated carbocycles. The van der Waals surface area contributed by atoms with Crippen LogP contribution in [0.2, 0.25) is 0 Å². The summed E-state index contributed by atoms with van der Waals surface area (Å²) >= 11 is 0. The van der Waals surface area contributed by atoms with Crippen molar-refractivity contribution in [3.05, 3.63) is 77.6 Å². The summed E-state index contributed by atoms with van der Waals surface area (Å²) in [5.41, 5.74) is 3.41. The van der Waals surface area contributed by atoms with Gasteiger partial charge in [0, 0.05) is 38.0 Å². The van der Waals surface area contributed by atoms with Crippen LogP contribution in [0.25, 0.3) is 11.1 Å². The van der Waals surface area contributed by atoms with Crippen molar-refractivity contribution in [1.29, 1.82) is 0 Å². The van der Waals surface area contributed by atoms with Gasteiger partial charge in [-0.15, -0.1) is 0 Å². The van der Waals surface area contributed by atoms with Gasteiger partial charge in [0.15, 0.2) is 0 Å². The fourth-order valence-electron chi connectivity index (χ4n) is 3.27. The van der Waals surface area contributed by atoms with Crippen molar-refractivity contribution in [2.75, 3.05) is 6.61 Å². The van der Waals surface area contributed by atoms with Crippen molar-refractivity contribution in [3.8, 4) is 11.1 Å². The van der Waals surface area contributed by atoms with Crippen molar-refractivity contribution in [3.63, 3.8) is 0 Å². The van der Waals surface area contributed by atoms with Crippen LogP contribution in [0.15, 0.2) is 55.0 Å². The quantitative estimate of drug-likeness (QED) is 0.662. The fourth-order valence-corrected chi connectivity index (χ4v) is 3.27. The summed E-state index contributed by atoms with van der Waals surface area (Å²) in [6, 6.07) is 12.4. The summed E-state index contributed by atoms with van der Waals surface area (Å²) in [6.07, 6.45) is 3.82. The minimum Gasteiger partial charge on any atom is -0.396 e. The number of aliphatic hydroxyl groups is 1.